The van der Waals surface area contributed by atoms with Gasteiger partial charge in [-0.2, -0.15) is 0 Å². The van der Waals surface area contributed by atoms with Gasteiger partial charge in [-0.15, -0.1) is 0 Å². The summed E-state index contributed by atoms with van der Waals surface area (Å²) in [5, 5.41) is 29.4. The van der Waals surface area contributed by atoms with Crippen LogP contribution in [0.25, 0.3) is 0 Å². The van der Waals surface area contributed by atoms with Gasteiger partial charge >= 0.3 is 5.97 Å². The second-order valence-electron chi connectivity index (χ2n) is 8.34. The minimum Gasteiger partial charge on any atom is -0.481 e. The van der Waals surface area contributed by atoms with Crippen molar-refractivity contribution in [3.05, 3.63) is 24.3 Å². The highest BCUT2D eigenvalue weighted by molar-refractivity contribution is 5.84. The normalized spacial score (nSPS) is 24.9. The van der Waals surface area contributed by atoms with E-state index in [1.807, 2.05) is 32.1 Å². The fourth-order valence-electron chi connectivity index (χ4n) is 3.53. The number of hydrogen-bond acceptors (Lipinski definition) is 4. The molecule has 1 unspecified atom stereocenters. The Balaban J connectivity index is 2.63. The molecule has 0 spiro atoms. The van der Waals surface area contributed by atoms with Crippen molar-refractivity contribution in [2.45, 2.75) is 84.3 Å². The van der Waals surface area contributed by atoms with Gasteiger partial charge in [-0.3, -0.25) is 9.59 Å². The highest BCUT2D eigenvalue weighted by Crippen LogP contribution is 2.35. The molecule has 0 amide bonds. The van der Waals surface area contributed by atoms with Crippen molar-refractivity contribution < 1.29 is 24.9 Å². The predicted octanol–water partition coefficient (Wildman–Crippen LogP) is 3.89. The van der Waals surface area contributed by atoms with Crippen LogP contribution in [0.15, 0.2) is 24.3 Å². The Morgan fingerprint density at radius 1 is 1.30 bits per heavy atom. The molecule has 0 aromatic heterocycles. The van der Waals surface area contributed by atoms with Gasteiger partial charge in [0.2, 0.25) is 0 Å². The van der Waals surface area contributed by atoms with Gasteiger partial charge in [-0.05, 0) is 31.1 Å². The van der Waals surface area contributed by atoms with E-state index in [0.717, 1.165) is 19.3 Å². The number of hydrogen-bond donors (Lipinski definition) is 3. The third kappa shape index (κ3) is 7.97. The largest absolute Gasteiger partial charge is 0.481 e. The van der Waals surface area contributed by atoms with Gasteiger partial charge in [0.1, 0.15) is 5.78 Å². The molecule has 0 aromatic carbocycles. The van der Waals surface area contributed by atoms with Gasteiger partial charge in [0, 0.05) is 24.7 Å². The summed E-state index contributed by atoms with van der Waals surface area (Å²) in [6.45, 7) is 6.19. The third-order valence-corrected chi connectivity index (χ3v) is 5.54. The Kier molecular flexibility index (Phi) is 9.95. The molecule has 1 fully saturated rings. The van der Waals surface area contributed by atoms with E-state index in [2.05, 4.69) is 6.92 Å². The zero-order chi connectivity index (χ0) is 20.4. The van der Waals surface area contributed by atoms with Crippen molar-refractivity contribution in [1.29, 1.82) is 0 Å². The van der Waals surface area contributed by atoms with Crippen molar-refractivity contribution in [1.82, 2.24) is 0 Å². The molecule has 154 valence electrons. The Bertz CT molecular complexity index is 535. The topological polar surface area (TPSA) is 94.8 Å². The van der Waals surface area contributed by atoms with Crippen LogP contribution in [-0.4, -0.2) is 39.3 Å². The number of aliphatic hydroxyl groups is 2. The van der Waals surface area contributed by atoms with Gasteiger partial charge in [0.25, 0.3) is 0 Å². The van der Waals surface area contributed by atoms with E-state index in [1.165, 1.54) is 0 Å². The smallest absolute Gasteiger partial charge is 0.303 e. The highest BCUT2D eigenvalue weighted by atomic mass is 16.4. The van der Waals surface area contributed by atoms with E-state index in [9.17, 15) is 19.8 Å². The maximum atomic E-state index is 12.2. The molecule has 0 aliphatic heterocycles. The molecule has 0 bridgehead atoms. The summed E-state index contributed by atoms with van der Waals surface area (Å²) in [5.74, 6) is -1.31. The van der Waals surface area contributed by atoms with Crippen LogP contribution in [0.2, 0.25) is 0 Å². The van der Waals surface area contributed by atoms with Gasteiger partial charge in [0.05, 0.1) is 12.2 Å². The second-order valence-corrected chi connectivity index (χ2v) is 8.34. The van der Waals surface area contributed by atoms with Crippen LogP contribution in [0.1, 0.15) is 72.1 Å². The number of aliphatic hydroxyl groups excluding tert-OH is 2. The summed E-state index contributed by atoms with van der Waals surface area (Å²) in [4.78, 5) is 22.7. The van der Waals surface area contributed by atoms with Crippen LogP contribution in [0.4, 0.5) is 0 Å². The van der Waals surface area contributed by atoms with Crippen LogP contribution < -0.4 is 0 Å². The first-order valence-electron chi connectivity index (χ1n) is 10.1. The fourth-order valence-corrected chi connectivity index (χ4v) is 3.53. The molecule has 0 heterocycles. The lowest BCUT2D eigenvalue weighted by atomic mass is 9.80. The van der Waals surface area contributed by atoms with E-state index in [0.29, 0.717) is 19.3 Å². The first-order chi connectivity index (χ1) is 12.7. The number of carboxylic acids is 1. The third-order valence-electron chi connectivity index (χ3n) is 5.54. The maximum Gasteiger partial charge on any atom is 0.303 e. The van der Waals surface area contributed by atoms with E-state index in [4.69, 9.17) is 5.11 Å². The van der Waals surface area contributed by atoms with Crippen LogP contribution >= 0.6 is 0 Å². The highest BCUT2D eigenvalue weighted by Gasteiger charge is 2.39. The average molecular weight is 381 g/mol. The number of allylic oxidation sites excluding steroid dienone is 2. The van der Waals surface area contributed by atoms with E-state index < -0.39 is 18.2 Å². The molecule has 1 aliphatic carbocycles. The van der Waals surface area contributed by atoms with E-state index >= 15 is 0 Å². The SMILES string of the molecule is CCCCC(C)(C)[C@H](O)/C=C/C1[C@H](O)CC(=O)[C@@H]1C/C=C\CCCC(=O)O. The van der Waals surface area contributed by atoms with Gasteiger partial charge in [0.15, 0.2) is 0 Å². The van der Waals surface area contributed by atoms with Gasteiger partial charge in [-0.1, -0.05) is 57.9 Å². The number of rotatable bonds is 12. The monoisotopic (exact) mass is 380 g/mol. The number of ketones is 1. The van der Waals surface area contributed by atoms with Crippen LogP contribution in [-0.2, 0) is 9.59 Å². The molecule has 5 heteroatoms. The lowest BCUT2D eigenvalue weighted by Crippen LogP contribution is -2.28. The maximum absolute atomic E-state index is 12.2. The summed E-state index contributed by atoms with van der Waals surface area (Å²) in [6, 6.07) is 0. The molecule has 3 N–H and O–H groups in total. The molecule has 0 aromatic rings. The van der Waals surface area contributed by atoms with Crippen molar-refractivity contribution in [2.75, 3.05) is 0 Å². The minimum absolute atomic E-state index is 0.0482. The number of carbonyl (C=O) groups excluding carboxylic acids is 1. The number of Topliss-reactive ketones (excluding diaryl/α,β-unsaturated/α-hetero) is 1. The van der Waals surface area contributed by atoms with Crippen LogP contribution in [0, 0.1) is 17.3 Å². The summed E-state index contributed by atoms with van der Waals surface area (Å²) >= 11 is 0. The van der Waals surface area contributed by atoms with E-state index in [1.54, 1.807) is 6.08 Å². The number of aliphatic carboxylic acids is 1. The predicted molar refractivity (Wildman–Crippen MR) is 106 cm³/mol. The van der Waals surface area contributed by atoms with Crippen LogP contribution in [0.3, 0.4) is 0 Å². The fraction of sp³-hybridized carbons (Fsp3) is 0.727. The Morgan fingerprint density at radius 3 is 2.63 bits per heavy atom. The van der Waals surface area contributed by atoms with Crippen LogP contribution in [0.5, 0.6) is 0 Å². The lowest BCUT2D eigenvalue weighted by molar-refractivity contribution is -0.137. The van der Waals surface area contributed by atoms with Crippen molar-refractivity contribution in [3.8, 4) is 0 Å². The second kappa shape index (κ2) is 11.4. The molecule has 4 atom stereocenters. The zero-order valence-electron chi connectivity index (χ0n) is 16.9. The lowest BCUT2D eigenvalue weighted by Gasteiger charge is -2.29. The number of carbonyl (C=O) groups is 2. The standard InChI is InChI=1S/C22H36O5/c1-4-5-14-22(2,3)20(25)13-12-17-16(18(23)15-19(17)24)10-8-6-7-9-11-21(26)27/h6,8,12-13,16-17,19-20,24-25H,4-5,7,9-11,14-15H2,1-3H3,(H,26,27)/b8-6-,13-12+/t16-,17?,19-,20-/m1/s1. The molecule has 1 aliphatic rings. The average Bonchev–Trinajstić information content (AvgIpc) is 2.86. The Labute approximate surface area is 163 Å². The number of unbranched alkanes of at least 4 members (excludes halogenated alkanes) is 2. The van der Waals surface area contributed by atoms with Crippen molar-refractivity contribution in [3.63, 3.8) is 0 Å². The molecule has 0 saturated heterocycles. The minimum atomic E-state index is -0.803. The summed E-state index contributed by atoms with van der Waals surface area (Å²) in [6.07, 6.45) is 11.2. The van der Waals surface area contributed by atoms with Crippen molar-refractivity contribution in [2.24, 2.45) is 17.3 Å². The first-order valence-corrected chi connectivity index (χ1v) is 10.1. The van der Waals surface area contributed by atoms with Gasteiger partial charge < -0.3 is 15.3 Å². The Morgan fingerprint density at radius 2 is 2.00 bits per heavy atom. The zero-order valence-corrected chi connectivity index (χ0v) is 16.9. The molecular formula is C22H36O5. The first kappa shape index (κ1) is 23.6. The molecule has 0 radical (unpaired) electrons. The summed E-state index contributed by atoms with van der Waals surface area (Å²) in [5.41, 5.74) is -0.236. The quantitative estimate of drug-likeness (QED) is 0.353. The molecule has 5 nitrogen and oxygen atoms in total. The van der Waals surface area contributed by atoms with Crippen molar-refractivity contribution >= 4 is 11.8 Å². The summed E-state index contributed by atoms with van der Waals surface area (Å²) < 4.78 is 0. The number of carboxylic acid groups (broad SMARTS) is 1. The molecule has 27 heavy (non-hydrogen) atoms. The summed E-state index contributed by atoms with van der Waals surface area (Å²) in [7, 11) is 0. The van der Waals surface area contributed by atoms with Gasteiger partial charge in [-0.25, -0.2) is 0 Å². The molecule has 1 saturated carbocycles. The van der Waals surface area contributed by atoms with E-state index in [-0.39, 0.29) is 35.9 Å². The molecular weight excluding hydrogens is 344 g/mol. The molecule has 1 rings (SSSR count). The Hall–Kier alpha value is -1.46.